The Morgan fingerprint density at radius 2 is 0.769 bits per heavy atom. The molecule has 0 saturated heterocycles. The molecule has 0 saturated carbocycles. The minimum atomic E-state index is -5.67. The van der Waals surface area contributed by atoms with Crippen molar-refractivity contribution in [1.82, 2.24) is 0 Å². The average molecular weight is 562 g/mol. The van der Waals surface area contributed by atoms with Crippen molar-refractivity contribution in [3.8, 4) is 11.1 Å². The van der Waals surface area contributed by atoms with Crippen molar-refractivity contribution < 1.29 is 48.3 Å². The van der Waals surface area contributed by atoms with Gasteiger partial charge in [0.2, 0.25) is 0 Å². The molecule has 204 valence electrons. The Bertz CT molecular complexity index is 1500. The summed E-state index contributed by atoms with van der Waals surface area (Å²) in [5.74, 6) is -16.1. The first-order valence-electron chi connectivity index (χ1n) is 10.7. The zero-order valence-electron chi connectivity index (χ0n) is 19.3. The molecule has 0 fully saturated rings. The fourth-order valence-electron chi connectivity index (χ4n) is 3.62. The Morgan fingerprint density at radius 1 is 0.462 bits per heavy atom. The van der Waals surface area contributed by atoms with Crippen molar-refractivity contribution in [2.75, 3.05) is 10.6 Å². The summed E-state index contributed by atoms with van der Waals surface area (Å²) in [5.41, 5.74) is -5.14. The van der Waals surface area contributed by atoms with Gasteiger partial charge in [-0.05, 0) is 42.3 Å². The van der Waals surface area contributed by atoms with E-state index < -0.39 is 75.2 Å². The van der Waals surface area contributed by atoms with Crippen molar-refractivity contribution in [2.45, 2.75) is 13.1 Å². The lowest BCUT2D eigenvalue weighted by Crippen LogP contribution is -2.16. The Labute approximate surface area is 212 Å². The van der Waals surface area contributed by atoms with Gasteiger partial charge in [0.15, 0.2) is 46.5 Å². The van der Waals surface area contributed by atoms with Crippen LogP contribution < -0.4 is 10.6 Å². The molecule has 0 radical (unpaired) electrons. The lowest BCUT2D eigenvalue weighted by atomic mass is 10.0. The highest BCUT2D eigenvalue weighted by atomic mass is 19.4. The molecule has 4 rings (SSSR count). The van der Waals surface area contributed by atoms with Gasteiger partial charge in [-0.3, -0.25) is 0 Å². The topological polar surface area (TPSA) is 24.1 Å². The van der Waals surface area contributed by atoms with E-state index in [1.54, 1.807) is 0 Å². The van der Waals surface area contributed by atoms with Gasteiger partial charge in [-0.2, -0.15) is 13.2 Å². The van der Waals surface area contributed by atoms with Crippen LogP contribution in [0, 0.1) is 53.5 Å². The summed E-state index contributed by atoms with van der Waals surface area (Å²) in [6, 6.07) is 10.7. The largest absolute Gasteiger partial charge is 0.422 e. The smallest absolute Gasteiger partial charge is 0.351 e. The highest BCUT2D eigenvalue weighted by molar-refractivity contribution is 5.72. The average Bonchev–Trinajstić information content (AvgIpc) is 2.90. The van der Waals surface area contributed by atoms with Gasteiger partial charge in [0.05, 0.1) is 0 Å². The molecule has 2 nitrogen and oxygen atoms in total. The summed E-state index contributed by atoms with van der Waals surface area (Å²) in [6.45, 7) is 0.878. The Morgan fingerprint density at radius 3 is 1.08 bits per heavy atom. The van der Waals surface area contributed by atoms with Crippen LogP contribution in [0.1, 0.15) is 11.1 Å². The van der Waals surface area contributed by atoms with Crippen molar-refractivity contribution >= 4 is 22.7 Å². The molecular weight excluding hydrogens is 549 g/mol. The number of alkyl halides is 3. The molecule has 0 bridgehead atoms. The minimum absolute atomic E-state index is 0.0646. The van der Waals surface area contributed by atoms with E-state index in [1.807, 2.05) is 5.32 Å². The summed E-state index contributed by atoms with van der Waals surface area (Å²) < 4.78 is 150. The lowest BCUT2D eigenvalue weighted by molar-refractivity contribution is -0.143. The fraction of sp³-hybridized carbons (Fsp3) is 0.0769. The van der Waals surface area contributed by atoms with Crippen molar-refractivity contribution in [1.29, 1.82) is 0 Å². The van der Waals surface area contributed by atoms with Gasteiger partial charge in [0, 0.05) is 16.9 Å². The van der Waals surface area contributed by atoms with Gasteiger partial charge in [-0.15, -0.1) is 0 Å². The Balaban J connectivity index is 1.55. The summed E-state index contributed by atoms with van der Waals surface area (Å²) in [7, 11) is 0. The molecule has 4 aromatic rings. The Hall–Kier alpha value is -4.29. The number of hydrogen-bond acceptors (Lipinski definition) is 2. The van der Waals surface area contributed by atoms with Gasteiger partial charge in [-0.1, -0.05) is 24.3 Å². The Kier molecular flexibility index (Phi) is 7.19. The molecular formula is C26H13F11N2. The quantitative estimate of drug-likeness (QED) is 0.187. The van der Waals surface area contributed by atoms with Crippen LogP contribution in [0.15, 0.2) is 48.5 Å². The molecule has 2 N–H and O–H groups in total. The van der Waals surface area contributed by atoms with Crippen LogP contribution in [-0.2, 0) is 6.18 Å². The van der Waals surface area contributed by atoms with E-state index in [2.05, 4.69) is 5.32 Å². The van der Waals surface area contributed by atoms with E-state index in [9.17, 15) is 48.3 Å². The number of anilines is 4. The predicted molar refractivity (Wildman–Crippen MR) is 121 cm³/mol. The zero-order valence-corrected chi connectivity index (χ0v) is 19.3. The summed E-state index contributed by atoms with van der Waals surface area (Å²) in [4.78, 5) is 0. The maximum absolute atomic E-state index is 14.1. The number of nitrogens with one attached hydrogen (secondary N) is 2. The first-order chi connectivity index (χ1) is 18.2. The summed E-state index contributed by atoms with van der Waals surface area (Å²) in [6.07, 6.45) is -5.67. The molecule has 13 heteroatoms. The molecule has 0 aromatic heterocycles. The van der Waals surface area contributed by atoms with Crippen molar-refractivity contribution in [3.63, 3.8) is 0 Å². The van der Waals surface area contributed by atoms with Crippen molar-refractivity contribution in [2.24, 2.45) is 0 Å². The van der Waals surface area contributed by atoms with Crippen LogP contribution in [0.4, 0.5) is 71.0 Å². The van der Waals surface area contributed by atoms with Crippen LogP contribution in [-0.4, -0.2) is 0 Å². The summed E-state index contributed by atoms with van der Waals surface area (Å²) in [5, 5.41) is 4.25. The third kappa shape index (κ3) is 5.08. The van der Waals surface area contributed by atoms with E-state index in [0.717, 1.165) is 6.92 Å². The lowest BCUT2D eigenvalue weighted by Gasteiger charge is -2.15. The number of halogens is 11. The SMILES string of the molecule is Cc1c(F)c(F)c(Nc2ccc(-c3ccc(Nc4c(F)c(F)c(C(F)(F)F)c(F)c4F)cc3)cc2)c(F)c1F. The van der Waals surface area contributed by atoms with Crippen LogP contribution in [0.2, 0.25) is 0 Å². The second-order valence-corrected chi connectivity index (χ2v) is 8.16. The molecule has 0 amide bonds. The predicted octanol–water partition coefficient (Wildman–Crippen LogP) is 9.28. The van der Waals surface area contributed by atoms with E-state index in [4.69, 9.17) is 0 Å². The van der Waals surface area contributed by atoms with Crippen LogP contribution in [0.5, 0.6) is 0 Å². The molecule has 39 heavy (non-hydrogen) atoms. The maximum Gasteiger partial charge on any atom is 0.422 e. The third-order valence-electron chi connectivity index (χ3n) is 5.67. The van der Waals surface area contributed by atoms with E-state index in [-0.39, 0.29) is 11.4 Å². The standard InChI is InChI=1S/C26H13F11N2/c1-10-16(27)20(31)24(21(32)17(10)28)38-13-6-2-11(3-7-13)12-4-8-14(9-5-12)39-25-22(33)18(29)15(26(35,36)37)19(30)23(25)34/h2-9,38-39H,1H3. The number of rotatable bonds is 5. The molecule has 0 aliphatic rings. The van der Waals surface area contributed by atoms with E-state index in [1.165, 1.54) is 48.5 Å². The van der Waals surface area contributed by atoms with Crippen LogP contribution in [0.3, 0.4) is 0 Å². The first-order valence-corrected chi connectivity index (χ1v) is 10.7. The molecule has 0 aliphatic carbocycles. The van der Waals surface area contributed by atoms with Gasteiger partial charge in [-0.25, -0.2) is 35.1 Å². The number of hydrogen-bond donors (Lipinski definition) is 2. The second kappa shape index (κ2) is 10.1. The van der Waals surface area contributed by atoms with Crippen LogP contribution >= 0.6 is 0 Å². The third-order valence-corrected chi connectivity index (χ3v) is 5.67. The van der Waals surface area contributed by atoms with Gasteiger partial charge >= 0.3 is 6.18 Å². The normalized spacial score (nSPS) is 11.6. The first kappa shape index (κ1) is 27.7. The molecule has 0 atom stereocenters. The highest BCUT2D eigenvalue weighted by Gasteiger charge is 2.42. The van der Waals surface area contributed by atoms with E-state index >= 15 is 0 Å². The maximum atomic E-state index is 14.1. The van der Waals surface area contributed by atoms with Crippen LogP contribution in [0.25, 0.3) is 11.1 Å². The molecule has 0 heterocycles. The second-order valence-electron chi connectivity index (χ2n) is 8.16. The van der Waals surface area contributed by atoms with Gasteiger partial charge < -0.3 is 10.6 Å². The molecule has 4 aromatic carbocycles. The van der Waals surface area contributed by atoms with E-state index in [0.29, 0.717) is 11.1 Å². The van der Waals surface area contributed by atoms with Gasteiger partial charge in [0.1, 0.15) is 16.9 Å². The summed E-state index contributed by atoms with van der Waals surface area (Å²) >= 11 is 0. The monoisotopic (exact) mass is 562 g/mol. The minimum Gasteiger partial charge on any atom is -0.351 e. The van der Waals surface area contributed by atoms with Crippen molar-refractivity contribution in [3.05, 3.63) is 106 Å². The molecule has 0 aliphatic heterocycles. The zero-order chi connectivity index (χ0) is 28.8. The molecule has 0 unspecified atom stereocenters. The fourth-order valence-corrected chi connectivity index (χ4v) is 3.62. The highest BCUT2D eigenvalue weighted by Crippen LogP contribution is 2.39. The number of benzene rings is 4. The molecule has 0 spiro atoms. The van der Waals surface area contributed by atoms with Gasteiger partial charge in [0.25, 0.3) is 0 Å².